The van der Waals surface area contributed by atoms with Crippen LogP contribution in [0.2, 0.25) is 0 Å². The number of benzene rings is 1. The predicted octanol–water partition coefficient (Wildman–Crippen LogP) is 2.56. The SMILES string of the molecule is COc1ccc(Cn2nc(-c3ccco3)ccc2=O)cc1. The van der Waals surface area contributed by atoms with Crippen LogP contribution in [0.4, 0.5) is 0 Å². The van der Waals surface area contributed by atoms with Gasteiger partial charge in [0.25, 0.3) is 5.56 Å². The molecule has 0 saturated carbocycles. The molecule has 0 atom stereocenters. The van der Waals surface area contributed by atoms with Crippen molar-refractivity contribution in [3.05, 3.63) is 70.7 Å². The van der Waals surface area contributed by atoms with Gasteiger partial charge in [-0.2, -0.15) is 5.10 Å². The lowest BCUT2D eigenvalue weighted by atomic mass is 10.2. The van der Waals surface area contributed by atoms with Crippen LogP contribution in [0.15, 0.2) is 64.0 Å². The van der Waals surface area contributed by atoms with Gasteiger partial charge >= 0.3 is 0 Å². The Labute approximate surface area is 121 Å². The second kappa shape index (κ2) is 5.66. The first-order valence-electron chi connectivity index (χ1n) is 6.51. The molecule has 0 aliphatic heterocycles. The van der Waals surface area contributed by atoms with Gasteiger partial charge in [0.1, 0.15) is 11.4 Å². The Morgan fingerprint density at radius 1 is 1.14 bits per heavy atom. The van der Waals surface area contributed by atoms with Gasteiger partial charge in [0.15, 0.2) is 5.76 Å². The number of hydrogen-bond acceptors (Lipinski definition) is 4. The maximum absolute atomic E-state index is 11.9. The van der Waals surface area contributed by atoms with E-state index in [1.54, 1.807) is 25.5 Å². The normalized spacial score (nSPS) is 10.5. The van der Waals surface area contributed by atoms with Gasteiger partial charge in [-0.3, -0.25) is 4.79 Å². The Balaban J connectivity index is 1.90. The van der Waals surface area contributed by atoms with E-state index in [2.05, 4.69) is 5.10 Å². The molecule has 5 heteroatoms. The van der Waals surface area contributed by atoms with Crippen LogP contribution in [0.25, 0.3) is 11.5 Å². The summed E-state index contributed by atoms with van der Waals surface area (Å²) in [6.45, 7) is 0.400. The summed E-state index contributed by atoms with van der Waals surface area (Å²) in [5.41, 5.74) is 1.45. The van der Waals surface area contributed by atoms with Crippen molar-refractivity contribution >= 4 is 0 Å². The van der Waals surface area contributed by atoms with Crippen LogP contribution in [0.1, 0.15) is 5.56 Å². The summed E-state index contributed by atoms with van der Waals surface area (Å²) in [5, 5.41) is 4.33. The van der Waals surface area contributed by atoms with Crippen molar-refractivity contribution in [3.8, 4) is 17.2 Å². The van der Waals surface area contributed by atoms with Crippen molar-refractivity contribution in [2.75, 3.05) is 7.11 Å². The van der Waals surface area contributed by atoms with Crippen LogP contribution in [0.3, 0.4) is 0 Å². The van der Waals surface area contributed by atoms with Crippen molar-refractivity contribution in [2.45, 2.75) is 6.54 Å². The van der Waals surface area contributed by atoms with Crippen molar-refractivity contribution < 1.29 is 9.15 Å². The zero-order valence-electron chi connectivity index (χ0n) is 11.5. The number of aromatic nitrogens is 2. The van der Waals surface area contributed by atoms with Crippen molar-refractivity contribution in [1.29, 1.82) is 0 Å². The fourth-order valence-electron chi connectivity index (χ4n) is 2.02. The van der Waals surface area contributed by atoms with Gasteiger partial charge < -0.3 is 9.15 Å². The summed E-state index contributed by atoms with van der Waals surface area (Å²) in [4.78, 5) is 11.9. The maximum Gasteiger partial charge on any atom is 0.267 e. The minimum absolute atomic E-state index is 0.152. The quantitative estimate of drug-likeness (QED) is 0.738. The van der Waals surface area contributed by atoms with Crippen molar-refractivity contribution in [1.82, 2.24) is 9.78 Å². The zero-order chi connectivity index (χ0) is 14.7. The fraction of sp³-hybridized carbons (Fsp3) is 0.125. The van der Waals surface area contributed by atoms with E-state index in [1.165, 1.54) is 10.7 Å². The Kier molecular flexibility index (Phi) is 3.55. The molecule has 1 aromatic carbocycles. The van der Waals surface area contributed by atoms with Crippen molar-refractivity contribution in [2.24, 2.45) is 0 Å². The largest absolute Gasteiger partial charge is 0.497 e. The molecule has 0 aliphatic rings. The number of nitrogens with zero attached hydrogens (tertiary/aromatic N) is 2. The summed E-state index contributed by atoms with van der Waals surface area (Å²) in [6, 6.07) is 14.3. The van der Waals surface area contributed by atoms with Crippen molar-refractivity contribution in [3.63, 3.8) is 0 Å². The first-order chi connectivity index (χ1) is 10.3. The molecule has 2 heterocycles. The van der Waals surface area contributed by atoms with Gasteiger partial charge in [-0.1, -0.05) is 12.1 Å². The molecular weight excluding hydrogens is 268 g/mol. The Bertz CT molecular complexity index is 774. The molecule has 0 radical (unpaired) electrons. The predicted molar refractivity (Wildman–Crippen MR) is 78.3 cm³/mol. The molecule has 0 fully saturated rings. The highest BCUT2D eigenvalue weighted by atomic mass is 16.5. The van der Waals surface area contributed by atoms with E-state index >= 15 is 0 Å². The third-order valence-corrected chi connectivity index (χ3v) is 3.13. The average molecular weight is 282 g/mol. The molecule has 0 spiro atoms. The lowest BCUT2D eigenvalue weighted by molar-refractivity contribution is 0.414. The molecule has 2 aromatic heterocycles. The molecule has 21 heavy (non-hydrogen) atoms. The minimum Gasteiger partial charge on any atom is -0.497 e. The molecule has 0 unspecified atom stereocenters. The highest BCUT2D eigenvalue weighted by molar-refractivity contribution is 5.50. The second-order valence-electron chi connectivity index (χ2n) is 4.54. The maximum atomic E-state index is 11.9. The molecule has 0 saturated heterocycles. The first kappa shape index (κ1) is 13.2. The molecule has 106 valence electrons. The third-order valence-electron chi connectivity index (χ3n) is 3.13. The Morgan fingerprint density at radius 3 is 2.62 bits per heavy atom. The zero-order valence-corrected chi connectivity index (χ0v) is 11.5. The molecule has 0 bridgehead atoms. The number of furan rings is 1. The molecule has 3 aromatic rings. The summed E-state index contributed by atoms with van der Waals surface area (Å²) in [6.07, 6.45) is 1.58. The Morgan fingerprint density at radius 2 is 1.95 bits per heavy atom. The van der Waals surface area contributed by atoms with Gasteiger partial charge in [0.05, 0.1) is 19.9 Å². The van der Waals surface area contributed by atoms with E-state index in [4.69, 9.17) is 9.15 Å². The standard InChI is InChI=1S/C16H14N2O3/c1-20-13-6-4-12(5-7-13)11-18-16(19)9-8-14(17-18)15-3-2-10-21-15/h2-10H,11H2,1H3. The van der Waals surface area contributed by atoms with Gasteiger partial charge in [0, 0.05) is 6.07 Å². The summed E-state index contributed by atoms with van der Waals surface area (Å²) in [7, 11) is 1.62. The monoisotopic (exact) mass is 282 g/mol. The number of methoxy groups -OCH3 is 1. The van der Waals surface area contributed by atoms with Gasteiger partial charge in [-0.05, 0) is 35.9 Å². The summed E-state index contributed by atoms with van der Waals surface area (Å²) < 4.78 is 11.8. The van der Waals surface area contributed by atoms with Crippen LogP contribution in [-0.2, 0) is 6.54 Å². The second-order valence-corrected chi connectivity index (χ2v) is 4.54. The minimum atomic E-state index is -0.152. The molecule has 0 amide bonds. The highest BCUT2D eigenvalue weighted by Gasteiger charge is 2.06. The smallest absolute Gasteiger partial charge is 0.267 e. The summed E-state index contributed by atoms with van der Waals surface area (Å²) >= 11 is 0. The molecular formula is C16H14N2O3. The van der Waals surface area contributed by atoms with Crippen LogP contribution < -0.4 is 10.3 Å². The van der Waals surface area contributed by atoms with Crippen LogP contribution >= 0.6 is 0 Å². The summed E-state index contributed by atoms with van der Waals surface area (Å²) in [5.74, 6) is 1.42. The third kappa shape index (κ3) is 2.86. The first-order valence-corrected chi connectivity index (χ1v) is 6.51. The lowest BCUT2D eigenvalue weighted by Crippen LogP contribution is -2.22. The molecule has 5 nitrogen and oxygen atoms in total. The van der Waals surface area contributed by atoms with E-state index in [9.17, 15) is 4.79 Å². The number of rotatable bonds is 4. The van der Waals surface area contributed by atoms with E-state index in [-0.39, 0.29) is 5.56 Å². The van der Waals surface area contributed by atoms with Gasteiger partial charge in [0.2, 0.25) is 0 Å². The lowest BCUT2D eigenvalue weighted by Gasteiger charge is -2.07. The Hall–Kier alpha value is -2.82. The molecule has 0 aliphatic carbocycles. The highest BCUT2D eigenvalue weighted by Crippen LogP contribution is 2.16. The van der Waals surface area contributed by atoms with Crippen LogP contribution in [0, 0.1) is 0 Å². The van der Waals surface area contributed by atoms with E-state index < -0.39 is 0 Å². The fourth-order valence-corrected chi connectivity index (χ4v) is 2.02. The van der Waals surface area contributed by atoms with E-state index in [0.717, 1.165) is 11.3 Å². The topological polar surface area (TPSA) is 57.3 Å². The molecule has 3 rings (SSSR count). The van der Waals surface area contributed by atoms with E-state index in [0.29, 0.717) is 18.0 Å². The number of ether oxygens (including phenoxy) is 1. The molecule has 0 N–H and O–H groups in total. The number of hydrogen-bond donors (Lipinski definition) is 0. The van der Waals surface area contributed by atoms with Gasteiger partial charge in [-0.25, -0.2) is 4.68 Å². The van der Waals surface area contributed by atoms with Crippen LogP contribution in [-0.4, -0.2) is 16.9 Å². The van der Waals surface area contributed by atoms with Crippen LogP contribution in [0.5, 0.6) is 5.75 Å². The average Bonchev–Trinajstić information content (AvgIpc) is 3.04. The van der Waals surface area contributed by atoms with Gasteiger partial charge in [-0.15, -0.1) is 0 Å². The van der Waals surface area contributed by atoms with E-state index in [1.807, 2.05) is 30.3 Å².